The van der Waals surface area contributed by atoms with Gasteiger partial charge in [0, 0.05) is 0 Å². The molecule has 0 aromatic heterocycles. The number of rotatable bonds is 3. The summed E-state index contributed by atoms with van der Waals surface area (Å²) in [5.41, 5.74) is -1.21. The lowest BCUT2D eigenvalue weighted by atomic mass is 9.95. The van der Waals surface area contributed by atoms with Crippen LogP contribution >= 0.6 is 0 Å². The van der Waals surface area contributed by atoms with E-state index in [1.54, 1.807) is 55.4 Å². The summed E-state index contributed by atoms with van der Waals surface area (Å²) in [5, 5.41) is 0. The minimum Gasteiger partial charge on any atom is -0.459 e. The summed E-state index contributed by atoms with van der Waals surface area (Å²) in [7, 11) is 0. The second-order valence-corrected chi connectivity index (χ2v) is 6.79. The van der Waals surface area contributed by atoms with E-state index in [-0.39, 0.29) is 5.92 Å². The van der Waals surface area contributed by atoms with Gasteiger partial charge in [-0.05, 0) is 47.5 Å². The van der Waals surface area contributed by atoms with Crippen LogP contribution in [0.5, 0.6) is 0 Å². The van der Waals surface area contributed by atoms with E-state index >= 15 is 0 Å². The van der Waals surface area contributed by atoms with Crippen LogP contribution in [0.2, 0.25) is 0 Å². The summed E-state index contributed by atoms with van der Waals surface area (Å²) >= 11 is 0. The Labute approximate surface area is 110 Å². The second-order valence-electron chi connectivity index (χ2n) is 6.79. The monoisotopic (exact) mass is 258 g/mol. The van der Waals surface area contributed by atoms with Gasteiger partial charge in [-0.2, -0.15) is 0 Å². The summed E-state index contributed by atoms with van der Waals surface area (Å²) < 4.78 is 10.5. The number of carbonyl (C=O) groups is 2. The van der Waals surface area contributed by atoms with Gasteiger partial charge in [0.2, 0.25) is 0 Å². The molecule has 0 amide bonds. The van der Waals surface area contributed by atoms with Crippen LogP contribution in [0.4, 0.5) is 0 Å². The number of ether oxygens (including phenoxy) is 2. The third-order valence-electron chi connectivity index (χ3n) is 1.99. The van der Waals surface area contributed by atoms with Crippen molar-refractivity contribution in [1.29, 1.82) is 0 Å². The lowest BCUT2D eigenvalue weighted by Gasteiger charge is -2.27. The molecule has 0 saturated carbocycles. The van der Waals surface area contributed by atoms with Gasteiger partial charge in [0.1, 0.15) is 11.2 Å². The van der Waals surface area contributed by atoms with Crippen molar-refractivity contribution in [3.05, 3.63) is 0 Å². The lowest BCUT2D eigenvalue weighted by Crippen LogP contribution is -2.39. The van der Waals surface area contributed by atoms with Gasteiger partial charge in [-0.25, -0.2) is 0 Å². The molecule has 0 radical (unpaired) electrons. The molecule has 18 heavy (non-hydrogen) atoms. The summed E-state index contributed by atoms with van der Waals surface area (Å²) in [4.78, 5) is 24.0. The molecule has 0 unspecified atom stereocenters. The number of hydrogen-bond donors (Lipinski definition) is 0. The predicted octanol–water partition coefficient (Wildman–Crippen LogP) is 2.94. The van der Waals surface area contributed by atoms with E-state index in [1.807, 2.05) is 0 Å². The highest BCUT2D eigenvalue weighted by Crippen LogP contribution is 2.21. The molecular weight excluding hydrogens is 232 g/mol. The first-order valence-corrected chi connectivity index (χ1v) is 6.29. The Morgan fingerprint density at radius 2 is 1.06 bits per heavy atom. The van der Waals surface area contributed by atoms with E-state index in [9.17, 15) is 9.59 Å². The molecule has 0 heterocycles. The van der Waals surface area contributed by atoms with Crippen molar-refractivity contribution in [2.75, 3.05) is 0 Å². The fraction of sp³-hybridized carbons (Fsp3) is 0.857. The van der Waals surface area contributed by atoms with Gasteiger partial charge in [-0.1, -0.05) is 13.8 Å². The predicted molar refractivity (Wildman–Crippen MR) is 70.0 cm³/mol. The third kappa shape index (κ3) is 6.62. The molecule has 4 heteroatoms. The maximum Gasteiger partial charge on any atom is 0.321 e. The van der Waals surface area contributed by atoms with Gasteiger partial charge in [0.25, 0.3) is 0 Å². The van der Waals surface area contributed by atoms with Crippen molar-refractivity contribution >= 4 is 11.9 Å². The molecule has 0 atom stereocenters. The molecule has 0 N–H and O–H groups in total. The summed E-state index contributed by atoms with van der Waals surface area (Å²) in [6, 6.07) is 0. The van der Waals surface area contributed by atoms with Crippen LogP contribution in [0.25, 0.3) is 0 Å². The maximum absolute atomic E-state index is 12.0. The van der Waals surface area contributed by atoms with Gasteiger partial charge in [-0.15, -0.1) is 0 Å². The molecule has 0 fully saturated rings. The van der Waals surface area contributed by atoms with Crippen LogP contribution in [-0.2, 0) is 19.1 Å². The van der Waals surface area contributed by atoms with Crippen molar-refractivity contribution in [2.45, 2.75) is 66.6 Å². The molecule has 0 aromatic carbocycles. The van der Waals surface area contributed by atoms with E-state index in [0.717, 1.165) is 0 Å². The Morgan fingerprint density at radius 1 is 0.778 bits per heavy atom. The molecule has 106 valence electrons. The molecule has 4 nitrogen and oxygen atoms in total. The fourth-order valence-corrected chi connectivity index (χ4v) is 1.37. The molecule has 0 rings (SSSR count). The van der Waals surface area contributed by atoms with E-state index in [2.05, 4.69) is 0 Å². The highest BCUT2D eigenvalue weighted by Gasteiger charge is 2.36. The van der Waals surface area contributed by atoms with Gasteiger partial charge in [0.05, 0.1) is 0 Å². The Balaban J connectivity index is 4.88. The SMILES string of the molecule is CC(C)C(C(=O)OC(C)(C)C)C(=O)OC(C)(C)C. The lowest BCUT2D eigenvalue weighted by molar-refractivity contribution is -0.176. The largest absolute Gasteiger partial charge is 0.459 e. The molecule has 0 aliphatic carbocycles. The zero-order valence-electron chi connectivity index (χ0n) is 12.8. The molecule has 0 aromatic rings. The van der Waals surface area contributed by atoms with Gasteiger partial charge in [-0.3, -0.25) is 9.59 Å². The molecule has 0 spiro atoms. The average molecular weight is 258 g/mol. The standard InChI is InChI=1S/C14H26O4/c1-9(2)10(11(15)17-13(3,4)5)12(16)18-14(6,7)8/h9-10H,1-8H3. The Morgan fingerprint density at radius 3 is 1.22 bits per heavy atom. The van der Waals surface area contributed by atoms with Crippen LogP contribution in [0.15, 0.2) is 0 Å². The number of esters is 2. The highest BCUT2D eigenvalue weighted by atomic mass is 16.6. The number of carbonyl (C=O) groups excluding carboxylic acids is 2. The first kappa shape index (κ1) is 16.9. The van der Waals surface area contributed by atoms with Crippen molar-refractivity contribution in [2.24, 2.45) is 11.8 Å². The van der Waals surface area contributed by atoms with Crippen LogP contribution in [0, 0.1) is 11.8 Å². The zero-order chi connectivity index (χ0) is 14.7. The Kier molecular flexibility index (Phi) is 5.38. The third-order valence-corrected chi connectivity index (χ3v) is 1.99. The van der Waals surface area contributed by atoms with Crippen molar-refractivity contribution in [1.82, 2.24) is 0 Å². The number of hydrogen-bond acceptors (Lipinski definition) is 4. The first-order chi connectivity index (χ1) is 7.83. The second kappa shape index (κ2) is 5.72. The van der Waals surface area contributed by atoms with Crippen LogP contribution in [0.3, 0.4) is 0 Å². The molecule has 0 aliphatic rings. The minimum absolute atomic E-state index is 0.158. The Bertz CT molecular complexity index is 277. The van der Waals surface area contributed by atoms with Crippen LogP contribution < -0.4 is 0 Å². The van der Waals surface area contributed by atoms with E-state index in [1.165, 1.54) is 0 Å². The van der Waals surface area contributed by atoms with E-state index < -0.39 is 29.1 Å². The fourth-order valence-electron chi connectivity index (χ4n) is 1.37. The molecule has 0 aliphatic heterocycles. The van der Waals surface area contributed by atoms with Crippen molar-refractivity contribution < 1.29 is 19.1 Å². The first-order valence-electron chi connectivity index (χ1n) is 6.29. The molecule has 0 saturated heterocycles. The summed E-state index contributed by atoms with van der Waals surface area (Å²) in [6.07, 6.45) is 0. The Hall–Kier alpha value is -1.06. The zero-order valence-corrected chi connectivity index (χ0v) is 12.8. The van der Waals surface area contributed by atoms with E-state index in [4.69, 9.17) is 9.47 Å². The smallest absolute Gasteiger partial charge is 0.321 e. The minimum atomic E-state index is -0.872. The van der Waals surface area contributed by atoms with E-state index in [0.29, 0.717) is 0 Å². The van der Waals surface area contributed by atoms with Gasteiger partial charge < -0.3 is 9.47 Å². The van der Waals surface area contributed by atoms with Crippen molar-refractivity contribution in [3.8, 4) is 0 Å². The van der Waals surface area contributed by atoms with Crippen molar-refractivity contribution in [3.63, 3.8) is 0 Å². The van der Waals surface area contributed by atoms with Gasteiger partial charge >= 0.3 is 11.9 Å². The highest BCUT2D eigenvalue weighted by molar-refractivity contribution is 5.95. The topological polar surface area (TPSA) is 52.6 Å². The van der Waals surface area contributed by atoms with Gasteiger partial charge in [0.15, 0.2) is 5.92 Å². The summed E-state index contributed by atoms with van der Waals surface area (Å²) in [6.45, 7) is 14.3. The molecular formula is C14H26O4. The molecule has 0 bridgehead atoms. The summed E-state index contributed by atoms with van der Waals surface area (Å²) in [5.74, 6) is -2.07. The maximum atomic E-state index is 12.0. The van der Waals surface area contributed by atoms with Crippen LogP contribution in [0.1, 0.15) is 55.4 Å². The van der Waals surface area contributed by atoms with Crippen LogP contribution in [-0.4, -0.2) is 23.1 Å². The normalized spacial score (nSPS) is 12.8. The average Bonchev–Trinajstić information content (AvgIpc) is 1.93. The quantitative estimate of drug-likeness (QED) is 0.577.